The molecule has 1 aliphatic heterocycles. The van der Waals surface area contributed by atoms with Crippen LogP contribution in [0, 0.1) is 18.3 Å². The Kier molecular flexibility index (Phi) is 4.84. The molecule has 6 heteroatoms. The Morgan fingerprint density at radius 2 is 2.19 bits per heavy atom. The molecule has 1 fully saturated rings. The van der Waals surface area contributed by atoms with Crippen LogP contribution in [0.3, 0.4) is 0 Å². The van der Waals surface area contributed by atoms with E-state index in [9.17, 15) is 18.0 Å². The smallest absolute Gasteiger partial charge is 0.337 e. The number of thioether (sulfide) groups is 1. The SMILES string of the molecule is C#C[C@H]1CCCN(C(=O)c2cccc(SC(F)(F)F)c2)C1. The molecule has 1 saturated heterocycles. The van der Waals surface area contributed by atoms with Crippen molar-refractivity contribution in [3.05, 3.63) is 29.8 Å². The average molecular weight is 313 g/mol. The van der Waals surface area contributed by atoms with Gasteiger partial charge in [0, 0.05) is 29.5 Å². The Morgan fingerprint density at radius 1 is 1.43 bits per heavy atom. The molecule has 112 valence electrons. The fourth-order valence-corrected chi connectivity index (χ4v) is 2.91. The van der Waals surface area contributed by atoms with E-state index in [1.807, 2.05) is 0 Å². The molecule has 1 heterocycles. The maximum Gasteiger partial charge on any atom is 0.446 e. The number of carbonyl (C=O) groups excluding carboxylic acids is 1. The molecule has 0 aromatic heterocycles. The van der Waals surface area contributed by atoms with Gasteiger partial charge >= 0.3 is 5.51 Å². The molecular formula is C15H14F3NOS. The van der Waals surface area contributed by atoms with Gasteiger partial charge in [-0.2, -0.15) is 13.2 Å². The molecule has 0 bridgehead atoms. The topological polar surface area (TPSA) is 20.3 Å². The third-order valence-corrected chi connectivity index (χ3v) is 3.98. The second-order valence-corrected chi connectivity index (χ2v) is 5.97. The predicted octanol–water partition coefficient (Wildman–Crippen LogP) is 3.78. The first kappa shape index (κ1) is 15.8. The van der Waals surface area contributed by atoms with E-state index in [1.54, 1.807) is 4.90 Å². The molecule has 21 heavy (non-hydrogen) atoms. The van der Waals surface area contributed by atoms with E-state index in [1.165, 1.54) is 24.3 Å². The lowest BCUT2D eigenvalue weighted by atomic mass is 9.98. The van der Waals surface area contributed by atoms with Gasteiger partial charge in [0.1, 0.15) is 0 Å². The second-order valence-electron chi connectivity index (χ2n) is 4.83. The Hall–Kier alpha value is -1.61. The number of amides is 1. The maximum absolute atomic E-state index is 12.4. The molecule has 1 aliphatic rings. The Morgan fingerprint density at radius 3 is 2.86 bits per heavy atom. The minimum absolute atomic E-state index is 0.0128. The van der Waals surface area contributed by atoms with Crippen LogP contribution in [0.15, 0.2) is 29.2 Å². The van der Waals surface area contributed by atoms with Crippen LogP contribution in [-0.4, -0.2) is 29.4 Å². The van der Waals surface area contributed by atoms with Gasteiger partial charge in [-0.3, -0.25) is 4.79 Å². The van der Waals surface area contributed by atoms with E-state index in [2.05, 4.69) is 5.92 Å². The van der Waals surface area contributed by atoms with Crippen molar-refractivity contribution in [2.24, 2.45) is 5.92 Å². The van der Waals surface area contributed by atoms with Gasteiger partial charge in [0.05, 0.1) is 0 Å². The summed E-state index contributed by atoms with van der Waals surface area (Å²) in [7, 11) is 0. The predicted molar refractivity (Wildman–Crippen MR) is 75.8 cm³/mol. The first-order valence-corrected chi connectivity index (χ1v) is 7.32. The molecule has 2 nitrogen and oxygen atoms in total. The zero-order chi connectivity index (χ0) is 15.5. The molecule has 1 aromatic rings. The Labute approximate surface area is 125 Å². The van der Waals surface area contributed by atoms with Crippen LogP contribution >= 0.6 is 11.8 Å². The lowest BCUT2D eigenvalue weighted by Crippen LogP contribution is -2.39. The number of hydrogen-bond acceptors (Lipinski definition) is 2. The van der Waals surface area contributed by atoms with Gasteiger partial charge in [0.25, 0.3) is 5.91 Å². The van der Waals surface area contributed by atoms with Crippen LogP contribution in [0.2, 0.25) is 0 Å². The van der Waals surface area contributed by atoms with E-state index in [0.717, 1.165) is 12.8 Å². The first-order chi connectivity index (χ1) is 9.89. The number of nitrogens with zero attached hydrogens (tertiary/aromatic N) is 1. The van der Waals surface area contributed by atoms with Crippen molar-refractivity contribution < 1.29 is 18.0 Å². The van der Waals surface area contributed by atoms with Crippen LogP contribution in [0.4, 0.5) is 13.2 Å². The summed E-state index contributed by atoms with van der Waals surface area (Å²) in [5, 5.41) is 0. The van der Waals surface area contributed by atoms with Crippen molar-refractivity contribution >= 4 is 17.7 Å². The third-order valence-electron chi connectivity index (χ3n) is 3.26. The molecule has 1 amide bonds. The van der Waals surface area contributed by atoms with Gasteiger partial charge in [-0.15, -0.1) is 12.3 Å². The highest BCUT2D eigenvalue weighted by Crippen LogP contribution is 2.37. The largest absolute Gasteiger partial charge is 0.446 e. The van der Waals surface area contributed by atoms with Crippen molar-refractivity contribution in [2.45, 2.75) is 23.2 Å². The number of likely N-dealkylation sites (tertiary alicyclic amines) is 1. The molecular weight excluding hydrogens is 299 g/mol. The highest BCUT2D eigenvalue weighted by atomic mass is 32.2. The van der Waals surface area contributed by atoms with Crippen LogP contribution < -0.4 is 0 Å². The highest BCUT2D eigenvalue weighted by Gasteiger charge is 2.30. The van der Waals surface area contributed by atoms with E-state index in [0.29, 0.717) is 13.1 Å². The number of carbonyl (C=O) groups is 1. The molecule has 0 unspecified atom stereocenters. The van der Waals surface area contributed by atoms with Gasteiger partial charge < -0.3 is 4.90 Å². The first-order valence-electron chi connectivity index (χ1n) is 6.50. The number of alkyl halides is 3. The number of benzene rings is 1. The zero-order valence-electron chi connectivity index (χ0n) is 11.2. The van der Waals surface area contributed by atoms with Crippen molar-refractivity contribution in [1.29, 1.82) is 0 Å². The van der Waals surface area contributed by atoms with Gasteiger partial charge in [-0.1, -0.05) is 6.07 Å². The molecule has 0 aliphatic carbocycles. The van der Waals surface area contributed by atoms with E-state index < -0.39 is 5.51 Å². The van der Waals surface area contributed by atoms with Gasteiger partial charge in [-0.25, -0.2) is 0 Å². The summed E-state index contributed by atoms with van der Waals surface area (Å²) in [4.78, 5) is 14.0. The highest BCUT2D eigenvalue weighted by molar-refractivity contribution is 8.00. The average Bonchev–Trinajstić information content (AvgIpc) is 2.45. The molecule has 0 saturated carbocycles. The van der Waals surface area contributed by atoms with Gasteiger partial charge in [0.2, 0.25) is 0 Å². The maximum atomic E-state index is 12.4. The summed E-state index contributed by atoms with van der Waals surface area (Å²) in [5.74, 6) is 2.40. The summed E-state index contributed by atoms with van der Waals surface area (Å²) in [6.45, 7) is 1.06. The second kappa shape index (κ2) is 6.44. The standard InChI is InChI=1S/C15H14F3NOS/c1-2-11-5-4-8-19(10-11)14(20)12-6-3-7-13(9-12)21-15(16,17)18/h1,3,6-7,9,11H,4-5,8,10H2/t11-/m0/s1. The molecule has 0 spiro atoms. The molecule has 2 rings (SSSR count). The summed E-state index contributed by atoms with van der Waals surface area (Å²) in [6, 6.07) is 5.61. The summed E-state index contributed by atoms with van der Waals surface area (Å²) in [6.07, 6.45) is 7.08. The number of terminal acetylenes is 1. The van der Waals surface area contributed by atoms with E-state index in [-0.39, 0.29) is 34.0 Å². The van der Waals surface area contributed by atoms with Crippen molar-refractivity contribution in [1.82, 2.24) is 4.90 Å². The quantitative estimate of drug-likeness (QED) is 0.612. The monoisotopic (exact) mass is 313 g/mol. The van der Waals surface area contributed by atoms with Crippen molar-refractivity contribution in [3.8, 4) is 12.3 Å². The molecule has 0 radical (unpaired) electrons. The van der Waals surface area contributed by atoms with Crippen LogP contribution in [0.5, 0.6) is 0 Å². The molecule has 1 atom stereocenters. The van der Waals surface area contributed by atoms with Crippen LogP contribution in [0.1, 0.15) is 23.2 Å². The number of rotatable bonds is 2. The normalized spacial score (nSPS) is 19.1. The van der Waals surface area contributed by atoms with Gasteiger partial charge in [0.15, 0.2) is 0 Å². The van der Waals surface area contributed by atoms with E-state index >= 15 is 0 Å². The molecule has 1 aromatic carbocycles. The minimum Gasteiger partial charge on any atom is -0.337 e. The van der Waals surface area contributed by atoms with Crippen molar-refractivity contribution in [3.63, 3.8) is 0 Å². The van der Waals surface area contributed by atoms with Crippen molar-refractivity contribution in [2.75, 3.05) is 13.1 Å². The van der Waals surface area contributed by atoms with Crippen LogP contribution in [0.25, 0.3) is 0 Å². The summed E-state index contributed by atoms with van der Waals surface area (Å²) < 4.78 is 37.1. The lowest BCUT2D eigenvalue weighted by Gasteiger charge is -2.30. The Bertz CT molecular complexity index is 565. The molecule has 0 N–H and O–H groups in total. The summed E-state index contributed by atoms with van der Waals surface area (Å²) >= 11 is -0.219. The zero-order valence-corrected chi connectivity index (χ0v) is 12.0. The number of piperidine rings is 1. The lowest BCUT2D eigenvalue weighted by molar-refractivity contribution is -0.0328. The number of halogens is 3. The number of hydrogen-bond donors (Lipinski definition) is 0. The third kappa shape index (κ3) is 4.43. The fourth-order valence-electron chi connectivity index (χ4n) is 2.31. The van der Waals surface area contributed by atoms with Gasteiger partial charge in [-0.05, 0) is 42.8 Å². The summed E-state index contributed by atoms with van der Waals surface area (Å²) in [5.41, 5.74) is -4.09. The fraction of sp³-hybridized carbons (Fsp3) is 0.400. The Balaban J connectivity index is 2.12. The minimum atomic E-state index is -4.36. The van der Waals surface area contributed by atoms with E-state index in [4.69, 9.17) is 6.42 Å². The van der Waals surface area contributed by atoms with Crippen LogP contribution in [-0.2, 0) is 0 Å².